The highest BCUT2D eigenvalue weighted by Gasteiger charge is 2.15. The number of anilines is 1. The number of rotatable bonds is 5. The first-order valence-electron chi connectivity index (χ1n) is 6.05. The van der Waals surface area contributed by atoms with E-state index >= 15 is 0 Å². The Morgan fingerprint density at radius 3 is 2.29 bits per heavy atom. The molecule has 2 aromatic rings. The summed E-state index contributed by atoms with van der Waals surface area (Å²) in [4.78, 5) is 0.218. The Morgan fingerprint density at radius 2 is 1.71 bits per heavy atom. The molecule has 0 radical (unpaired) electrons. The number of alkyl halides is 1. The number of hydrogen-bond donors (Lipinski definition) is 1. The SMILES string of the molecule is O=S(=O)(Nc1ccc(Br)cc1Br)c1ccc(CCCl)cc1. The standard InChI is InChI=1S/C14H12Br2ClNO2S/c15-11-3-6-14(13(16)9-11)18-21(19,20)12-4-1-10(2-5-12)7-8-17/h1-6,9,18H,7-8H2. The van der Waals surface area contributed by atoms with Gasteiger partial charge in [0.2, 0.25) is 0 Å². The van der Waals surface area contributed by atoms with Crippen LogP contribution in [0.5, 0.6) is 0 Å². The van der Waals surface area contributed by atoms with Crippen LogP contribution in [0.15, 0.2) is 56.3 Å². The van der Waals surface area contributed by atoms with Crippen LogP contribution in [0, 0.1) is 0 Å². The summed E-state index contributed by atoms with van der Waals surface area (Å²) >= 11 is 12.3. The molecule has 3 nitrogen and oxygen atoms in total. The molecule has 0 saturated heterocycles. The van der Waals surface area contributed by atoms with Crippen LogP contribution in [-0.4, -0.2) is 14.3 Å². The first-order valence-corrected chi connectivity index (χ1v) is 9.65. The van der Waals surface area contributed by atoms with Crippen molar-refractivity contribution in [3.63, 3.8) is 0 Å². The van der Waals surface area contributed by atoms with Gasteiger partial charge in [-0.15, -0.1) is 11.6 Å². The Hall–Kier alpha value is -0.560. The number of nitrogens with one attached hydrogen (secondary N) is 1. The van der Waals surface area contributed by atoms with Crippen molar-refractivity contribution in [2.45, 2.75) is 11.3 Å². The van der Waals surface area contributed by atoms with Crippen molar-refractivity contribution in [1.29, 1.82) is 0 Å². The van der Waals surface area contributed by atoms with Gasteiger partial charge in [-0.2, -0.15) is 0 Å². The molecule has 0 heterocycles. The molecule has 0 unspecified atom stereocenters. The van der Waals surface area contributed by atoms with E-state index in [-0.39, 0.29) is 4.90 Å². The molecule has 0 aliphatic carbocycles. The Morgan fingerprint density at radius 1 is 1.05 bits per heavy atom. The number of sulfonamides is 1. The summed E-state index contributed by atoms with van der Waals surface area (Å²) in [6.45, 7) is 0. The lowest BCUT2D eigenvalue weighted by atomic mass is 10.2. The van der Waals surface area contributed by atoms with Crippen molar-refractivity contribution in [1.82, 2.24) is 0 Å². The first-order chi connectivity index (χ1) is 9.92. The van der Waals surface area contributed by atoms with E-state index in [0.29, 0.717) is 22.5 Å². The van der Waals surface area contributed by atoms with Crippen LogP contribution in [-0.2, 0) is 16.4 Å². The minimum atomic E-state index is -3.61. The van der Waals surface area contributed by atoms with E-state index in [0.717, 1.165) is 10.0 Å². The second-order valence-electron chi connectivity index (χ2n) is 4.31. The summed E-state index contributed by atoms with van der Waals surface area (Å²) in [5.74, 6) is 0.510. The van der Waals surface area contributed by atoms with Crippen molar-refractivity contribution >= 4 is 59.2 Å². The van der Waals surface area contributed by atoms with E-state index in [1.807, 2.05) is 0 Å². The van der Waals surface area contributed by atoms with Crippen LogP contribution in [0.4, 0.5) is 5.69 Å². The zero-order valence-corrected chi connectivity index (χ0v) is 15.6. The maximum absolute atomic E-state index is 12.3. The summed E-state index contributed by atoms with van der Waals surface area (Å²) < 4.78 is 28.8. The second kappa shape index (κ2) is 7.13. The van der Waals surface area contributed by atoms with Crippen LogP contribution in [0.25, 0.3) is 0 Å². The van der Waals surface area contributed by atoms with Crippen LogP contribution in [0.1, 0.15) is 5.56 Å². The second-order valence-corrected chi connectivity index (χ2v) is 8.14. The maximum atomic E-state index is 12.3. The fourth-order valence-corrected chi connectivity index (χ4v) is 4.30. The van der Waals surface area contributed by atoms with Crippen LogP contribution < -0.4 is 4.72 Å². The molecule has 0 aliphatic rings. The van der Waals surface area contributed by atoms with Gasteiger partial charge in [-0.3, -0.25) is 4.72 Å². The van der Waals surface area contributed by atoms with Gasteiger partial charge in [0.25, 0.3) is 10.0 Å². The largest absolute Gasteiger partial charge is 0.278 e. The average molecular weight is 454 g/mol. The minimum Gasteiger partial charge on any atom is -0.278 e. The smallest absolute Gasteiger partial charge is 0.261 e. The van der Waals surface area contributed by atoms with Gasteiger partial charge in [-0.05, 0) is 58.2 Å². The molecular formula is C14H12Br2ClNO2S. The topological polar surface area (TPSA) is 46.2 Å². The number of hydrogen-bond acceptors (Lipinski definition) is 2. The predicted octanol–water partition coefficient (Wildman–Crippen LogP) is 4.79. The van der Waals surface area contributed by atoms with Crippen molar-refractivity contribution in [3.05, 3.63) is 57.0 Å². The molecule has 0 atom stereocenters. The highest BCUT2D eigenvalue weighted by atomic mass is 79.9. The average Bonchev–Trinajstić information content (AvgIpc) is 2.43. The molecule has 0 spiro atoms. The van der Waals surface area contributed by atoms with Crippen molar-refractivity contribution in [3.8, 4) is 0 Å². The van der Waals surface area contributed by atoms with E-state index in [2.05, 4.69) is 36.6 Å². The van der Waals surface area contributed by atoms with Crippen LogP contribution in [0.2, 0.25) is 0 Å². The van der Waals surface area contributed by atoms with E-state index in [1.54, 1.807) is 42.5 Å². The summed E-state index contributed by atoms with van der Waals surface area (Å²) in [7, 11) is -3.61. The molecule has 0 aromatic heterocycles. The quantitative estimate of drug-likeness (QED) is 0.662. The van der Waals surface area contributed by atoms with E-state index < -0.39 is 10.0 Å². The highest BCUT2D eigenvalue weighted by molar-refractivity contribution is 9.11. The molecule has 0 bridgehead atoms. The number of aryl methyl sites for hydroxylation is 1. The Bertz CT molecular complexity index is 733. The lowest BCUT2D eigenvalue weighted by Crippen LogP contribution is -2.13. The number of benzene rings is 2. The van der Waals surface area contributed by atoms with Gasteiger partial charge in [-0.25, -0.2) is 8.42 Å². The van der Waals surface area contributed by atoms with E-state index in [9.17, 15) is 8.42 Å². The Labute approximate surface area is 146 Å². The first kappa shape index (κ1) is 16.8. The van der Waals surface area contributed by atoms with Crippen molar-refractivity contribution < 1.29 is 8.42 Å². The van der Waals surface area contributed by atoms with Gasteiger partial charge in [0, 0.05) is 14.8 Å². The summed E-state index contributed by atoms with van der Waals surface area (Å²) in [6.07, 6.45) is 0.716. The van der Waals surface area contributed by atoms with Crippen molar-refractivity contribution in [2.24, 2.45) is 0 Å². The number of halogens is 3. The highest BCUT2D eigenvalue weighted by Crippen LogP contribution is 2.28. The summed E-state index contributed by atoms with van der Waals surface area (Å²) in [6, 6.07) is 11.9. The monoisotopic (exact) mass is 451 g/mol. The predicted molar refractivity (Wildman–Crippen MR) is 93.5 cm³/mol. The third kappa shape index (κ3) is 4.45. The van der Waals surface area contributed by atoms with Gasteiger partial charge >= 0.3 is 0 Å². The molecule has 0 fully saturated rings. The normalized spacial score (nSPS) is 11.4. The molecule has 21 heavy (non-hydrogen) atoms. The summed E-state index contributed by atoms with van der Waals surface area (Å²) in [5, 5.41) is 0. The fraction of sp³-hybridized carbons (Fsp3) is 0.143. The Kier molecular flexibility index (Phi) is 5.71. The molecular weight excluding hydrogens is 441 g/mol. The molecule has 0 amide bonds. The van der Waals surface area contributed by atoms with E-state index in [4.69, 9.17) is 11.6 Å². The third-order valence-electron chi connectivity index (χ3n) is 2.79. The van der Waals surface area contributed by atoms with Gasteiger partial charge in [0.1, 0.15) is 0 Å². The molecule has 2 aromatic carbocycles. The van der Waals surface area contributed by atoms with Gasteiger partial charge in [-0.1, -0.05) is 28.1 Å². The lowest BCUT2D eigenvalue weighted by Gasteiger charge is -2.10. The molecule has 112 valence electrons. The van der Waals surface area contributed by atoms with E-state index in [1.165, 1.54) is 0 Å². The van der Waals surface area contributed by atoms with Crippen LogP contribution in [0.3, 0.4) is 0 Å². The zero-order chi connectivity index (χ0) is 15.5. The third-order valence-corrected chi connectivity index (χ3v) is 5.51. The molecule has 0 saturated carbocycles. The van der Waals surface area contributed by atoms with Crippen LogP contribution >= 0.6 is 43.5 Å². The zero-order valence-electron chi connectivity index (χ0n) is 10.8. The van der Waals surface area contributed by atoms with Crippen molar-refractivity contribution in [2.75, 3.05) is 10.6 Å². The molecule has 2 rings (SSSR count). The Balaban J connectivity index is 2.25. The lowest BCUT2D eigenvalue weighted by molar-refractivity contribution is 0.601. The fourth-order valence-electron chi connectivity index (χ4n) is 1.72. The maximum Gasteiger partial charge on any atom is 0.261 e. The summed E-state index contributed by atoms with van der Waals surface area (Å²) in [5.41, 5.74) is 1.50. The van der Waals surface area contributed by atoms with Gasteiger partial charge in [0.15, 0.2) is 0 Å². The van der Waals surface area contributed by atoms with Gasteiger partial charge < -0.3 is 0 Å². The molecule has 1 N–H and O–H groups in total. The van der Waals surface area contributed by atoms with Gasteiger partial charge in [0.05, 0.1) is 10.6 Å². The molecule has 7 heteroatoms. The minimum absolute atomic E-state index is 0.218. The molecule has 0 aliphatic heterocycles.